The third-order valence-electron chi connectivity index (χ3n) is 2.35. The van der Waals surface area contributed by atoms with Crippen molar-refractivity contribution in [2.45, 2.75) is 17.7 Å². The fourth-order valence-corrected chi connectivity index (χ4v) is 2.49. The van der Waals surface area contributed by atoms with Crippen LogP contribution in [0.1, 0.15) is 12.8 Å². The number of nitrogens with zero attached hydrogens (tertiary/aromatic N) is 1. The summed E-state index contributed by atoms with van der Waals surface area (Å²) in [5, 5.41) is 0. The average Bonchev–Trinajstić information content (AvgIpc) is 2.29. The molecule has 1 heterocycles. The van der Waals surface area contributed by atoms with Crippen molar-refractivity contribution in [2.24, 2.45) is 0 Å². The minimum Gasteiger partial charge on any atom is -0.328 e. The molecule has 0 bridgehead atoms. The highest BCUT2D eigenvalue weighted by molar-refractivity contribution is 7.89. The Kier molecular flexibility index (Phi) is 4.65. The Morgan fingerprint density at radius 2 is 2.18 bits per heavy atom. The molecule has 5 nitrogen and oxygen atoms in total. The minimum absolute atomic E-state index is 0.0956. The van der Waals surface area contributed by atoms with Crippen molar-refractivity contribution in [3.63, 3.8) is 0 Å². The normalized spacial score (nSPS) is 11.6. The van der Waals surface area contributed by atoms with Gasteiger partial charge >= 0.3 is 0 Å². The van der Waals surface area contributed by atoms with E-state index in [4.69, 9.17) is 0 Å². The zero-order valence-corrected chi connectivity index (χ0v) is 10.5. The molecular formula is C11H16N2O3S. The number of H-pyrrole nitrogens is 1. The van der Waals surface area contributed by atoms with E-state index in [9.17, 15) is 13.2 Å². The van der Waals surface area contributed by atoms with Gasteiger partial charge in [-0.05, 0) is 18.9 Å². The van der Waals surface area contributed by atoms with Gasteiger partial charge in [-0.25, -0.2) is 12.7 Å². The summed E-state index contributed by atoms with van der Waals surface area (Å²) < 4.78 is 25.3. The van der Waals surface area contributed by atoms with Gasteiger partial charge in [-0.3, -0.25) is 4.79 Å². The Morgan fingerprint density at radius 1 is 1.47 bits per heavy atom. The van der Waals surface area contributed by atoms with E-state index in [-0.39, 0.29) is 10.5 Å². The monoisotopic (exact) mass is 256 g/mol. The second-order valence-corrected chi connectivity index (χ2v) is 5.69. The number of rotatable bonds is 6. The van der Waals surface area contributed by atoms with Crippen molar-refractivity contribution in [1.82, 2.24) is 9.29 Å². The summed E-state index contributed by atoms with van der Waals surface area (Å²) in [7, 11) is -1.99. The second-order valence-electron chi connectivity index (χ2n) is 3.65. The number of hydrogen-bond donors (Lipinski definition) is 1. The number of nitrogens with one attached hydrogen (secondary N) is 1. The Balaban J connectivity index is 2.83. The van der Waals surface area contributed by atoms with E-state index >= 15 is 0 Å². The topological polar surface area (TPSA) is 70.2 Å². The molecule has 1 rings (SSSR count). The number of unbranched alkanes of at least 4 members (excludes halogenated alkanes) is 1. The summed E-state index contributed by atoms with van der Waals surface area (Å²) in [6.07, 6.45) is 4.45. The largest absolute Gasteiger partial charge is 0.328 e. The lowest BCUT2D eigenvalue weighted by atomic mass is 10.3. The number of allylic oxidation sites excluding steroid dienone is 1. The van der Waals surface area contributed by atoms with Crippen LogP contribution >= 0.6 is 0 Å². The van der Waals surface area contributed by atoms with Crippen LogP contribution in [-0.2, 0) is 10.0 Å². The van der Waals surface area contributed by atoms with E-state index in [2.05, 4.69) is 11.6 Å². The zero-order valence-electron chi connectivity index (χ0n) is 9.72. The third kappa shape index (κ3) is 3.54. The molecule has 94 valence electrons. The summed E-state index contributed by atoms with van der Waals surface area (Å²) in [6, 6.07) is 2.50. The molecule has 0 aliphatic rings. The number of hydrogen-bond acceptors (Lipinski definition) is 3. The van der Waals surface area contributed by atoms with Gasteiger partial charge in [0.15, 0.2) is 0 Å². The van der Waals surface area contributed by atoms with Gasteiger partial charge in [0, 0.05) is 25.9 Å². The Bertz CT molecular complexity index is 513. The first-order chi connectivity index (χ1) is 7.98. The Morgan fingerprint density at radius 3 is 2.71 bits per heavy atom. The quantitative estimate of drug-likeness (QED) is 0.609. The lowest BCUT2D eigenvalue weighted by Gasteiger charge is -2.16. The fourth-order valence-electron chi connectivity index (χ4n) is 1.32. The van der Waals surface area contributed by atoms with Gasteiger partial charge < -0.3 is 4.98 Å². The smallest absolute Gasteiger partial charge is 0.247 e. The van der Waals surface area contributed by atoms with Gasteiger partial charge in [0.05, 0.1) is 4.90 Å². The van der Waals surface area contributed by atoms with E-state index in [1.54, 1.807) is 6.08 Å². The molecule has 0 saturated carbocycles. The predicted octanol–water partition coefficient (Wildman–Crippen LogP) is 0.962. The Labute approximate surface area is 101 Å². The summed E-state index contributed by atoms with van der Waals surface area (Å²) in [4.78, 5) is 13.3. The SMILES string of the molecule is C=CCCCN(C)S(=O)(=O)c1ccc(=O)[nH]c1. The molecule has 0 fully saturated rings. The molecule has 1 aromatic rings. The molecule has 1 N–H and O–H groups in total. The third-order valence-corrected chi connectivity index (χ3v) is 4.20. The molecule has 0 amide bonds. The molecule has 6 heteroatoms. The molecule has 0 spiro atoms. The lowest BCUT2D eigenvalue weighted by Crippen LogP contribution is -2.28. The maximum Gasteiger partial charge on any atom is 0.247 e. The van der Waals surface area contributed by atoms with E-state index < -0.39 is 10.0 Å². The highest BCUT2D eigenvalue weighted by Gasteiger charge is 2.19. The molecular weight excluding hydrogens is 240 g/mol. The second kappa shape index (κ2) is 5.79. The summed E-state index contributed by atoms with van der Waals surface area (Å²) in [5.74, 6) is 0. The van der Waals surface area contributed by atoms with Crippen molar-refractivity contribution >= 4 is 10.0 Å². The zero-order chi connectivity index (χ0) is 12.9. The van der Waals surface area contributed by atoms with E-state index in [0.29, 0.717) is 6.54 Å². The number of pyridine rings is 1. The highest BCUT2D eigenvalue weighted by Crippen LogP contribution is 2.12. The molecule has 0 atom stereocenters. The molecule has 0 aromatic carbocycles. The van der Waals surface area contributed by atoms with Crippen LogP contribution in [0.2, 0.25) is 0 Å². The van der Waals surface area contributed by atoms with E-state index in [0.717, 1.165) is 12.8 Å². The van der Waals surface area contributed by atoms with E-state index in [1.807, 2.05) is 0 Å². The number of aromatic amines is 1. The molecule has 0 radical (unpaired) electrons. The van der Waals surface area contributed by atoms with Crippen LogP contribution in [0.4, 0.5) is 0 Å². The van der Waals surface area contributed by atoms with Gasteiger partial charge in [0.25, 0.3) is 0 Å². The number of sulfonamides is 1. The Hall–Kier alpha value is -1.40. The predicted molar refractivity (Wildman–Crippen MR) is 66.3 cm³/mol. The molecule has 0 aliphatic heterocycles. The molecule has 0 aliphatic carbocycles. The molecule has 0 saturated heterocycles. The van der Waals surface area contributed by atoms with Crippen LogP contribution in [0.5, 0.6) is 0 Å². The number of aromatic nitrogens is 1. The maximum atomic E-state index is 12.0. The molecule has 0 unspecified atom stereocenters. The van der Waals surface area contributed by atoms with Crippen molar-refractivity contribution in [1.29, 1.82) is 0 Å². The van der Waals surface area contributed by atoms with Crippen LogP contribution in [-0.4, -0.2) is 31.3 Å². The first-order valence-electron chi connectivity index (χ1n) is 5.24. The van der Waals surface area contributed by atoms with Crippen LogP contribution in [0, 0.1) is 0 Å². The summed E-state index contributed by atoms with van der Waals surface area (Å²) >= 11 is 0. The van der Waals surface area contributed by atoms with Gasteiger partial charge in [0.1, 0.15) is 0 Å². The van der Waals surface area contributed by atoms with E-state index in [1.165, 1.54) is 29.7 Å². The maximum absolute atomic E-state index is 12.0. The van der Waals surface area contributed by atoms with Crippen LogP contribution in [0.15, 0.2) is 40.7 Å². The fraction of sp³-hybridized carbons (Fsp3) is 0.364. The average molecular weight is 256 g/mol. The van der Waals surface area contributed by atoms with Gasteiger partial charge in [-0.2, -0.15) is 0 Å². The molecule has 1 aromatic heterocycles. The minimum atomic E-state index is -3.51. The first kappa shape index (κ1) is 13.7. The van der Waals surface area contributed by atoms with Crippen LogP contribution < -0.4 is 5.56 Å². The van der Waals surface area contributed by atoms with Gasteiger partial charge in [-0.15, -0.1) is 6.58 Å². The van der Waals surface area contributed by atoms with Crippen LogP contribution in [0.25, 0.3) is 0 Å². The molecule has 17 heavy (non-hydrogen) atoms. The van der Waals surface area contributed by atoms with Crippen molar-refractivity contribution < 1.29 is 8.42 Å². The van der Waals surface area contributed by atoms with Gasteiger partial charge in [-0.1, -0.05) is 6.08 Å². The van der Waals surface area contributed by atoms with Crippen LogP contribution in [0.3, 0.4) is 0 Å². The van der Waals surface area contributed by atoms with Crippen molar-refractivity contribution in [3.8, 4) is 0 Å². The van der Waals surface area contributed by atoms with Crippen molar-refractivity contribution in [3.05, 3.63) is 41.3 Å². The summed E-state index contributed by atoms with van der Waals surface area (Å²) in [5.41, 5.74) is -0.321. The van der Waals surface area contributed by atoms with Gasteiger partial charge in [0.2, 0.25) is 15.6 Å². The standard InChI is InChI=1S/C11H16N2O3S/c1-3-4-5-8-13(2)17(15,16)10-6-7-11(14)12-9-10/h3,6-7,9H,1,4-5,8H2,2H3,(H,12,14). The highest BCUT2D eigenvalue weighted by atomic mass is 32.2. The summed E-state index contributed by atoms with van der Waals surface area (Å²) in [6.45, 7) is 4.00. The lowest BCUT2D eigenvalue weighted by molar-refractivity contribution is 0.462. The van der Waals surface area contributed by atoms with Crippen molar-refractivity contribution in [2.75, 3.05) is 13.6 Å². The first-order valence-corrected chi connectivity index (χ1v) is 6.68.